The van der Waals surface area contributed by atoms with E-state index in [2.05, 4.69) is 4.98 Å². The second-order valence-corrected chi connectivity index (χ2v) is 6.22. The van der Waals surface area contributed by atoms with Gasteiger partial charge in [0.25, 0.3) is 0 Å². The molecule has 0 bridgehead atoms. The topological polar surface area (TPSA) is 61.2 Å². The lowest BCUT2D eigenvalue weighted by Crippen LogP contribution is -2.03. The molecule has 130 valence electrons. The Bertz CT molecular complexity index is 978. The predicted octanol–water partition coefficient (Wildman–Crippen LogP) is 3.80. The van der Waals surface area contributed by atoms with Crippen molar-refractivity contribution in [2.75, 3.05) is 7.11 Å². The Morgan fingerprint density at radius 2 is 2.08 bits per heavy atom. The van der Waals surface area contributed by atoms with Crippen LogP contribution in [0.5, 0.6) is 0 Å². The summed E-state index contributed by atoms with van der Waals surface area (Å²) < 4.78 is 34.2. The van der Waals surface area contributed by atoms with Crippen LogP contribution in [0.2, 0.25) is 0 Å². The van der Waals surface area contributed by atoms with Crippen LogP contribution >= 0.6 is 11.3 Å². The summed E-state index contributed by atoms with van der Waals surface area (Å²) in [7, 11) is 1.43. The van der Waals surface area contributed by atoms with Crippen molar-refractivity contribution in [1.29, 1.82) is 0 Å². The molecule has 0 N–H and O–H groups in total. The highest BCUT2D eigenvalue weighted by Crippen LogP contribution is 2.28. The molecule has 3 aromatic rings. The number of halogens is 2. The fourth-order valence-electron chi connectivity index (χ4n) is 2.58. The molecule has 0 atom stereocenters. The standard InChI is InChI=1S/C17H14F2N2O3S/c1-3-14(22)13-7-25-17(20-13)16(23)11-6-21(8-24-2)15-10(11)4-9(18)5-12(15)19/h4-7H,3,8H2,1-2H3. The summed E-state index contributed by atoms with van der Waals surface area (Å²) >= 11 is 1.03. The Labute approximate surface area is 145 Å². The van der Waals surface area contributed by atoms with E-state index < -0.39 is 17.4 Å². The minimum Gasteiger partial charge on any atom is -0.364 e. The third-order valence-electron chi connectivity index (χ3n) is 3.71. The maximum Gasteiger partial charge on any atom is 0.223 e. The van der Waals surface area contributed by atoms with Crippen LogP contribution in [0.15, 0.2) is 23.7 Å². The van der Waals surface area contributed by atoms with Crippen molar-refractivity contribution in [2.45, 2.75) is 20.1 Å². The van der Waals surface area contributed by atoms with E-state index in [-0.39, 0.29) is 46.1 Å². The summed E-state index contributed by atoms with van der Waals surface area (Å²) in [5.74, 6) is -2.23. The average Bonchev–Trinajstić information content (AvgIpc) is 3.19. The first-order chi connectivity index (χ1) is 12.0. The highest BCUT2D eigenvalue weighted by atomic mass is 32.1. The number of nitrogens with zero attached hydrogens (tertiary/aromatic N) is 2. The number of rotatable bonds is 6. The van der Waals surface area contributed by atoms with E-state index in [9.17, 15) is 18.4 Å². The number of benzene rings is 1. The summed E-state index contributed by atoms with van der Waals surface area (Å²) in [6.45, 7) is 1.71. The van der Waals surface area contributed by atoms with Gasteiger partial charge in [-0.2, -0.15) is 0 Å². The smallest absolute Gasteiger partial charge is 0.223 e. The minimum absolute atomic E-state index is 0.00374. The van der Waals surface area contributed by atoms with Crippen LogP contribution in [0.4, 0.5) is 8.78 Å². The number of hydrogen-bond acceptors (Lipinski definition) is 5. The molecule has 0 saturated heterocycles. The number of thiazole rings is 1. The largest absolute Gasteiger partial charge is 0.364 e. The van der Waals surface area contributed by atoms with Gasteiger partial charge in [-0.15, -0.1) is 11.3 Å². The number of aromatic nitrogens is 2. The Hall–Kier alpha value is -2.45. The van der Waals surface area contributed by atoms with Gasteiger partial charge < -0.3 is 9.30 Å². The fraction of sp³-hybridized carbons (Fsp3) is 0.235. The van der Waals surface area contributed by atoms with Crippen LogP contribution < -0.4 is 0 Å². The van der Waals surface area contributed by atoms with Crippen LogP contribution in [0.1, 0.15) is 39.2 Å². The monoisotopic (exact) mass is 364 g/mol. The Morgan fingerprint density at radius 1 is 1.32 bits per heavy atom. The van der Waals surface area contributed by atoms with Gasteiger partial charge in [0.2, 0.25) is 5.78 Å². The zero-order valence-electron chi connectivity index (χ0n) is 13.5. The minimum atomic E-state index is -0.785. The molecule has 0 saturated carbocycles. The predicted molar refractivity (Wildman–Crippen MR) is 89.0 cm³/mol. The summed E-state index contributed by atoms with van der Waals surface area (Å²) in [6.07, 6.45) is 1.68. The molecule has 0 radical (unpaired) electrons. The molecule has 0 fully saturated rings. The number of carbonyl (C=O) groups is 2. The van der Waals surface area contributed by atoms with Crippen molar-refractivity contribution >= 4 is 33.8 Å². The fourth-order valence-corrected chi connectivity index (χ4v) is 3.35. The maximum absolute atomic E-state index is 14.2. The number of ketones is 2. The first-order valence-electron chi connectivity index (χ1n) is 7.46. The van der Waals surface area contributed by atoms with E-state index in [1.807, 2.05) is 0 Å². The molecule has 1 aromatic carbocycles. The second kappa shape index (κ2) is 6.81. The van der Waals surface area contributed by atoms with Gasteiger partial charge in [0.1, 0.15) is 24.1 Å². The summed E-state index contributed by atoms with van der Waals surface area (Å²) in [5.41, 5.74) is 0.400. The number of fused-ring (bicyclic) bond motifs is 1. The number of carbonyl (C=O) groups excluding carboxylic acids is 2. The molecule has 25 heavy (non-hydrogen) atoms. The molecular weight excluding hydrogens is 350 g/mol. The highest BCUT2D eigenvalue weighted by molar-refractivity contribution is 7.12. The lowest BCUT2D eigenvalue weighted by atomic mass is 10.1. The Morgan fingerprint density at radius 3 is 2.76 bits per heavy atom. The van der Waals surface area contributed by atoms with Crippen LogP contribution in [0.25, 0.3) is 10.9 Å². The number of methoxy groups -OCH3 is 1. The highest BCUT2D eigenvalue weighted by Gasteiger charge is 2.23. The van der Waals surface area contributed by atoms with E-state index >= 15 is 0 Å². The van der Waals surface area contributed by atoms with Gasteiger partial charge in [-0.05, 0) is 6.07 Å². The van der Waals surface area contributed by atoms with Gasteiger partial charge in [-0.25, -0.2) is 13.8 Å². The lowest BCUT2D eigenvalue weighted by molar-refractivity contribution is 0.0984. The van der Waals surface area contributed by atoms with Crippen LogP contribution in [-0.4, -0.2) is 28.2 Å². The lowest BCUT2D eigenvalue weighted by Gasteiger charge is -2.03. The van der Waals surface area contributed by atoms with Gasteiger partial charge in [0.05, 0.1) is 11.1 Å². The molecule has 2 heterocycles. The van der Waals surface area contributed by atoms with Crippen molar-refractivity contribution in [3.8, 4) is 0 Å². The molecule has 3 rings (SSSR count). The van der Waals surface area contributed by atoms with E-state index in [1.165, 1.54) is 23.3 Å². The molecule has 0 aliphatic heterocycles. The first-order valence-corrected chi connectivity index (χ1v) is 8.34. The third kappa shape index (κ3) is 3.10. The molecule has 0 unspecified atom stereocenters. The number of hydrogen-bond donors (Lipinski definition) is 0. The van der Waals surface area contributed by atoms with E-state index in [0.717, 1.165) is 23.5 Å². The van der Waals surface area contributed by atoms with Crippen molar-refractivity contribution in [3.05, 3.63) is 51.6 Å². The van der Waals surface area contributed by atoms with Crippen molar-refractivity contribution in [2.24, 2.45) is 0 Å². The molecule has 5 nitrogen and oxygen atoms in total. The molecule has 0 spiro atoms. The molecule has 2 aromatic heterocycles. The van der Waals surface area contributed by atoms with Crippen LogP contribution in [-0.2, 0) is 11.5 Å². The van der Waals surface area contributed by atoms with Crippen molar-refractivity contribution in [1.82, 2.24) is 9.55 Å². The molecular formula is C17H14F2N2O3S. The van der Waals surface area contributed by atoms with Crippen molar-refractivity contribution in [3.63, 3.8) is 0 Å². The van der Waals surface area contributed by atoms with Gasteiger partial charge in [-0.1, -0.05) is 6.92 Å². The Balaban J connectivity index is 2.13. The summed E-state index contributed by atoms with van der Waals surface area (Å²) in [6, 6.07) is 1.85. The van der Waals surface area contributed by atoms with E-state index in [1.54, 1.807) is 6.92 Å². The second-order valence-electron chi connectivity index (χ2n) is 5.36. The van der Waals surface area contributed by atoms with E-state index in [0.29, 0.717) is 0 Å². The average molecular weight is 364 g/mol. The number of Topliss-reactive ketones (excluding diaryl/α,β-unsaturated/α-hetero) is 1. The van der Waals surface area contributed by atoms with Crippen LogP contribution in [0, 0.1) is 11.6 Å². The quantitative estimate of drug-likeness (QED) is 0.624. The molecule has 8 heteroatoms. The van der Waals surface area contributed by atoms with E-state index in [4.69, 9.17) is 4.74 Å². The normalized spacial score (nSPS) is 11.2. The van der Waals surface area contributed by atoms with Crippen molar-refractivity contribution < 1.29 is 23.1 Å². The maximum atomic E-state index is 14.2. The molecule has 0 aliphatic rings. The summed E-state index contributed by atoms with van der Waals surface area (Å²) in [5, 5.41) is 1.74. The zero-order chi connectivity index (χ0) is 18.1. The molecule has 0 aliphatic carbocycles. The van der Waals surface area contributed by atoms with Gasteiger partial charge in [0.15, 0.2) is 10.8 Å². The third-order valence-corrected chi connectivity index (χ3v) is 4.55. The van der Waals surface area contributed by atoms with Gasteiger partial charge in [0, 0.05) is 36.6 Å². The SMILES string of the molecule is CCC(=O)c1csc(C(=O)c2cn(COC)c3c(F)cc(F)cc23)n1. The van der Waals surface area contributed by atoms with Gasteiger partial charge in [-0.3, -0.25) is 9.59 Å². The van der Waals surface area contributed by atoms with Crippen LogP contribution in [0.3, 0.4) is 0 Å². The Kier molecular flexibility index (Phi) is 4.73. The summed E-state index contributed by atoms with van der Waals surface area (Å²) in [4.78, 5) is 28.5. The van der Waals surface area contributed by atoms with Gasteiger partial charge >= 0.3 is 0 Å². The number of ether oxygens (including phenoxy) is 1. The first kappa shape index (κ1) is 17.4. The molecule has 0 amide bonds. The zero-order valence-corrected chi connectivity index (χ0v) is 14.3.